The van der Waals surface area contributed by atoms with Crippen LogP contribution < -0.4 is 9.80 Å². The van der Waals surface area contributed by atoms with E-state index in [2.05, 4.69) is 84.0 Å². The number of benzene rings is 2. The van der Waals surface area contributed by atoms with Crippen LogP contribution >= 0.6 is 0 Å². The standard InChI is InChI=1S/C25H36N4O2S/c1-20-16-24(29-15-14-28(18-22(29)3)32(4,30)31)10-11-25(20)27-13-12-26(21(2)17-27)19-23-8-6-5-7-9-23/h5-11,16,21-22H,12-15,17-19H2,1-4H3/t21-,22+/m1/s1. The molecule has 32 heavy (non-hydrogen) atoms. The Labute approximate surface area is 193 Å². The molecule has 0 radical (unpaired) electrons. The zero-order valence-electron chi connectivity index (χ0n) is 19.7. The van der Waals surface area contributed by atoms with Crippen LogP contribution in [0.4, 0.5) is 11.4 Å². The van der Waals surface area contributed by atoms with Crippen LogP contribution in [-0.4, -0.2) is 75.2 Å². The second kappa shape index (κ2) is 9.41. The summed E-state index contributed by atoms with van der Waals surface area (Å²) in [6.07, 6.45) is 1.30. The van der Waals surface area contributed by atoms with Crippen LogP contribution in [0.5, 0.6) is 0 Å². The van der Waals surface area contributed by atoms with E-state index in [1.54, 1.807) is 4.31 Å². The third-order valence-electron chi connectivity index (χ3n) is 6.91. The summed E-state index contributed by atoms with van der Waals surface area (Å²) in [6.45, 7) is 12.5. The van der Waals surface area contributed by atoms with Gasteiger partial charge < -0.3 is 9.80 Å². The first kappa shape index (κ1) is 23.1. The van der Waals surface area contributed by atoms with Gasteiger partial charge in [0, 0.05) is 69.3 Å². The van der Waals surface area contributed by atoms with E-state index in [-0.39, 0.29) is 6.04 Å². The molecule has 0 bridgehead atoms. The van der Waals surface area contributed by atoms with Gasteiger partial charge in [-0.25, -0.2) is 8.42 Å². The smallest absolute Gasteiger partial charge is 0.211 e. The molecule has 2 aliphatic heterocycles. The van der Waals surface area contributed by atoms with Crippen molar-refractivity contribution >= 4 is 21.4 Å². The second-order valence-electron chi connectivity index (χ2n) is 9.39. The fourth-order valence-electron chi connectivity index (χ4n) is 5.05. The van der Waals surface area contributed by atoms with Crippen LogP contribution in [0.3, 0.4) is 0 Å². The highest BCUT2D eigenvalue weighted by Gasteiger charge is 2.29. The summed E-state index contributed by atoms with van der Waals surface area (Å²) in [6, 6.07) is 18.1. The second-order valence-corrected chi connectivity index (χ2v) is 11.4. The Bertz CT molecular complexity index is 1030. The number of hydrogen-bond acceptors (Lipinski definition) is 5. The number of sulfonamides is 1. The molecule has 7 heteroatoms. The molecule has 2 saturated heterocycles. The van der Waals surface area contributed by atoms with Gasteiger partial charge in [0.15, 0.2) is 0 Å². The van der Waals surface area contributed by atoms with Crippen molar-refractivity contribution in [3.8, 4) is 0 Å². The van der Waals surface area contributed by atoms with Crippen molar-refractivity contribution in [3.05, 3.63) is 59.7 Å². The molecule has 6 nitrogen and oxygen atoms in total. The monoisotopic (exact) mass is 456 g/mol. The normalized spacial score (nSPS) is 23.5. The number of hydrogen-bond donors (Lipinski definition) is 0. The van der Waals surface area contributed by atoms with Crippen molar-refractivity contribution < 1.29 is 8.42 Å². The average molecular weight is 457 g/mol. The fraction of sp³-hybridized carbons (Fsp3) is 0.520. The third kappa shape index (κ3) is 5.11. The van der Waals surface area contributed by atoms with Gasteiger partial charge in [0.05, 0.1) is 6.26 Å². The molecule has 0 saturated carbocycles. The third-order valence-corrected chi connectivity index (χ3v) is 8.18. The lowest BCUT2D eigenvalue weighted by molar-refractivity contribution is 0.181. The lowest BCUT2D eigenvalue weighted by Gasteiger charge is -2.42. The van der Waals surface area contributed by atoms with Crippen molar-refractivity contribution in [2.45, 2.75) is 39.4 Å². The lowest BCUT2D eigenvalue weighted by atomic mass is 10.1. The average Bonchev–Trinajstić information content (AvgIpc) is 2.75. The number of rotatable bonds is 5. The Morgan fingerprint density at radius 2 is 1.66 bits per heavy atom. The van der Waals surface area contributed by atoms with Crippen LogP contribution in [0.15, 0.2) is 48.5 Å². The maximum Gasteiger partial charge on any atom is 0.211 e. The first-order valence-electron chi connectivity index (χ1n) is 11.6. The Hall–Kier alpha value is -2.09. The summed E-state index contributed by atoms with van der Waals surface area (Å²) in [5.74, 6) is 0. The Morgan fingerprint density at radius 3 is 2.28 bits per heavy atom. The van der Waals surface area contributed by atoms with Crippen LogP contribution in [0.2, 0.25) is 0 Å². The predicted molar refractivity (Wildman–Crippen MR) is 133 cm³/mol. The van der Waals surface area contributed by atoms with E-state index in [1.807, 2.05) is 0 Å². The molecule has 2 aromatic carbocycles. The minimum atomic E-state index is -3.13. The molecule has 2 heterocycles. The molecule has 2 aliphatic rings. The molecule has 4 rings (SSSR count). The number of anilines is 2. The van der Waals surface area contributed by atoms with E-state index in [0.29, 0.717) is 19.1 Å². The Morgan fingerprint density at radius 1 is 0.906 bits per heavy atom. The van der Waals surface area contributed by atoms with Gasteiger partial charge in [-0.2, -0.15) is 4.31 Å². The molecule has 2 aromatic rings. The first-order chi connectivity index (χ1) is 15.2. The molecular formula is C25H36N4O2S. The van der Waals surface area contributed by atoms with Gasteiger partial charge in [-0.3, -0.25) is 4.90 Å². The maximum atomic E-state index is 11.9. The molecule has 0 amide bonds. The molecule has 0 N–H and O–H groups in total. The quantitative estimate of drug-likeness (QED) is 0.692. The van der Waals surface area contributed by atoms with Crippen LogP contribution in [0, 0.1) is 6.92 Å². The van der Waals surface area contributed by atoms with E-state index >= 15 is 0 Å². The number of piperazine rings is 2. The van der Waals surface area contributed by atoms with E-state index in [4.69, 9.17) is 0 Å². The fourth-order valence-corrected chi connectivity index (χ4v) is 5.95. The van der Waals surface area contributed by atoms with Crippen molar-refractivity contribution in [2.75, 3.05) is 55.3 Å². The van der Waals surface area contributed by atoms with Gasteiger partial charge in [0.1, 0.15) is 0 Å². The summed E-state index contributed by atoms with van der Waals surface area (Å²) < 4.78 is 25.4. The van der Waals surface area contributed by atoms with Gasteiger partial charge >= 0.3 is 0 Å². The molecule has 174 valence electrons. The van der Waals surface area contributed by atoms with Gasteiger partial charge in [-0.05, 0) is 50.1 Å². The minimum Gasteiger partial charge on any atom is -0.368 e. The SMILES string of the molecule is Cc1cc(N2CCN(S(C)(=O)=O)C[C@@H]2C)ccc1N1CCN(Cc2ccccc2)[C@H](C)C1. The van der Waals surface area contributed by atoms with Gasteiger partial charge in [0.25, 0.3) is 0 Å². The highest BCUT2D eigenvalue weighted by molar-refractivity contribution is 7.88. The van der Waals surface area contributed by atoms with Crippen LogP contribution in [0.1, 0.15) is 25.0 Å². The van der Waals surface area contributed by atoms with Gasteiger partial charge in [-0.15, -0.1) is 0 Å². The molecule has 2 fully saturated rings. The highest BCUT2D eigenvalue weighted by atomic mass is 32.2. The van der Waals surface area contributed by atoms with E-state index in [0.717, 1.165) is 32.7 Å². The molecule has 2 atom stereocenters. The van der Waals surface area contributed by atoms with Crippen LogP contribution in [-0.2, 0) is 16.6 Å². The van der Waals surface area contributed by atoms with Gasteiger partial charge in [0.2, 0.25) is 10.0 Å². The van der Waals surface area contributed by atoms with Crippen molar-refractivity contribution in [1.29, 1.82) is 0 Å². The zero-order valence-corrected chi connectivity index (χ0v) is 20.6. The van der Waals surface area contributed by atoms with E-state index < -0.39 is 10.0 Å². The Kier molecular flexibility index (Phi) is 6.79. The number of nitrogens with zero attached hydrogens (tertiary/aromatic N) is 4. The van der Waals surface area contributed by atoms with E-state index in [9.17, 15) is 8.42 Å². The summed E-state index contributed by atoms with van der Waals surface area (Å²) in [4.78, 5) is 7.41. The predicted octanol–water partition coefficient (Wildman–Crippen LogP) is 3.18. The first-order valence-corrected chi connectivity index (χ1v) is 13.4. The summed E-state index contributed by atoms with van der Waals surface area (Å²) in [5, 5.41) is 0. The number of aryl methyl sites for hydroxylation is 1. The molecule has 0 aliphatic carbocycles. The minimum absolute atomic E-state index is 0.158. The van der Waals surface area contributed by atoms with Crippen LogP contribution in [0.25, 0.3) is 0 Å². The molecule has 0 unspecified atom stereocenters. The Balaban J connectivity index is 1.41. The molecule has 0 spiro atoms. The zero-order chi connectivity index (χ0) is 22.9. The van der Waals surface area contributed by atoms with Crippen molar-refractivity contribution in [2.24, 2.45) is 0 Å². The summed E-state index contributed by atoms with van der Waals surface area (Å²) in [7, 11) is -3.13. The maximum absolute atomic E-state index is 11.9. The van der Waals surface area contributed by atoms with Gasteiger partial charge in [-0.1, -0.05) is 30.3 Å². The highest BCUT2D eigenvalue weighted by Crippen LogP contribution is 2.30. The largest absolute Gasteiger partial charge is 0.368 e. The summed E-state index contributed by atoms with van der Waals surface area (Å²) in [5.41, 5.74) is 5.15. The lowest BCUT2D eigenvalue weighted by Crippen LogP contribution is -2.53. The molecular weight excluding hydrogens is 420 g/mol. The van der Waals surface area contributed by atoms with Crippen molar-refractivity contribution in [3.63, 3.8) is 0 Å². The van der Waals surface area contributed by atoms with Crippen molar-refractivity contribution in [1.82, 2.24) is 9.21 Å². The van der Waals surface area contributed by atoms with E-state index in [1.165, 1.54) is 28.8 Å². The topological polar surface area (TPSA) is 47.1 Å². The molecule has 0 aromatic heterocycles. The summed E-state index contributed by atoms with van der Waals surface area (Å²) >= 11 is 0.